The van der Waals surface area contributed by atoms with Crippen molar-refractivity contribution in [3.63, 3.8) is 0 Å². The molecule has 3 aromatic carbocycles. The summed E-state index contributed by atoms with van der Waals surface area (Å²) in [5.41, 5.74) is 9.73. The Hall–Kier alpha value is -4.19. The number of aromatic nitrogens is 1. The number of nitrogens with one attached hydrogen (secondary N) is 1. The number of aryl methyl sites for hydroxylation is 2. The first-order valence-electron chi connectivity index (χ1n) is 10.3. The number of rotatable bonds is 7. The monoisotopic (exact) mass is 425 g/mol. The molecule has 3 N–H and O–H groups in total. The Bertz CT molecular complexity index is 1190. The van der Waals surface area contributed by atoms with Gasteiger partial charge in [0.1, 0.15) is 5.69 Å². The van der Waals surface area contributed by atoms with Crippen LogP contribution in [0.1, 0.15) is 28.2 Å². The second-order valence-corrected chi connectivity index (χ2v) is 7.46. The molecule has 0 spiro atoms. The zero-order valence-electron chi connectivity index (χ0n) is 17.7. The fourth-order valence-electron chi connectivity index (χ4n) is 3.51. The van der Waals surface area contributed by atoms with Gasteiger partial charge in [0.2, 0.25) is 11.8 Å². The Balaban J connectivity index is 1.50. The van der Waals surface area contributed by atoms with E-state index in [4.69, 9.17) is 10.2 Å². The Kier molecular flexibility index (Phi) is 6.12. The van der Waals surface area contributed by atoms with Crippen molar-refractivity contribution < 1.29 is 14.0 Å². The summed E-state index contributed by atoms with van der Waals surface area (Å²) in [6, 6.07) is 24.6. The SMILES string of the molecule is Cc1cc(NC(=O)CCc2nc(-c3ccccc3)c(-c3ccccc3)o2)ccc1C(N)=O. The van der Waals surface area contributed by atoms with Gasteiger partial charge in [0, 0.05) is 35.2 Å². The maximum absolute atomic E-state index is 12.5. The Morgan fingerprint density at radius 1 is 0.938 bits per heavy atom. The predicted molar refractivity (Wildman–Crippen MR) is 124 cm³/mol. The lowest BCUT2D eigenvalue weighted by atomic mass is 10.1. The molecule has 0 bridgehead atoms. The summed E-state index contributed by atoms with van der Waals surface area (Å²) in [5, 5.41) is 2.84. The van der Waals surface area contributed by atoms with E-state index < -0.39 is 5.91 Å². The van der Waals surface area contributed by atoms with Gasteiger partial charge in [0.15, 0.2) is 11.7 Å². The molecule has 6 heteroatoms. The number of carbonyl (C=O) groups excluding carboxylic acids is 2. The molecule has 0 unspecified atom stereocenters. The van der Waals surface area contributed by atoms with Crippen molar-refractivity contribution in [3.05, 3.63) is 95.9 Å². The zero-order chi connectivity index (χ0) is 22.5. The summed E-state index contributed by atoms with van der Waals surface area (Å²) >= 11 is 0. The molecule has 0 saturated heterocycles. The first-order valence-corrected chi connectivity index (χ1v) is 10.3. The molecule has 1 aromatic heterocycles. The van der Waals surface area contributed by atoms with Crippen LogP contribution in [0.15, 0.2) is 83.3 Å². The van der Waals surface area contributed by atoms with Crippen LogP contribution >= 0.6 is 0 Å². The van der Waals surface area contributed by atoms with Crippen LogP contribution in [0.5, 0.6) is 0 Å². The molecule has 0 fully saturated rings. The van der Waals surface area contributed by atoms with Crippen LogP contribution in [0, 0.1) is 6.92 Å². The largest absolute Gasteiger partial charge is 0.440 e. The second-order valence-electron chi connectivity index (χ2n) is 7.46. The van der Waals surface area contributed by atoms with E-state index >= 15 is 0 Å². The molecule has 160 valence electrons. The van der Waals surface area contributed by atoms with E-state index in [9.17, 15) is 9.59 Å². The number of primary amides is 1. The topological polar surface area (TPSA) is 98.2 Å². The third kappa shape index (κ3) is 4.75. The van der Waals surface area contributed by atoms with Crippen LogP contribution in [0.3, 0.4) is 0 Å². The van der Waals surface area contributed by atoms with Crippen LogP contribution in [0.4, 0.5) is 5.69 Å². The summed E-state index contributed by atoms with van der Waals surface area (Å²) in [6.45, 7) is 1.78. The third-order valence-electron chi connectivity index (χ3n) is 5.10. The molecule has 0 saturated carbocycles. The molecule has 0 atom stereocenters. The van der Waals surface area contributed by atoms with E-state index in [1.165, 1.54) is 0 Å². The van der Waals surface area contributed by atoms with Gasteiger partial charge in [-0.1, -0.05) is 60.7 Å². The lowest BCUT2D eigenvalue weighted by Crippen LogP contribution is -2.15. The summed E-state index contributed by atoms with van der Waals surface area (Å²) in [7, 11) is 0. The van der Waals surface area contributed by atoms with Crippen LogP contribution < -0.4 is 11.1 Å². The lowest BCUT2D eigenvalue weighted by Gasteiger charge is -2.07. The van der Waals surface area contributed by atoms with E-state index in [2.05, 4.69) is 10.3 Å². The Labute approximate surface area is 186 Å². The van der Waals surface area contributed by atoms with Crippen molar-refractivity contribution in [2.45, 2.75) is 19.8 Å². The first kappa shape index (κ1) is 21.1. The summed E-state index contributed by atoms with van der Waals surface area (Å²) in [4.78, 5) is 28.5. The Morgan fingerprint density at radius 2 is 1.59 bits per heavy atom. The molecule has 32 heavy (non-hydrogen) atoms. The number of nitrogens with two attached hydrogens (primary N) is 1. The lowest BCUT2D eigenvalue weighted by molar-refractivity contribution is -0.116. The second kappa shape index (κ2) is 9.31. The van der Waals surface area contributed by atoms with Crippen LogP contribution in [-0.2, 0) is 11.2 Å². The molecule has 0 aliphatic heterocycles. The molecule has 1 heterocycles. The van der Waals surface area contributed by atoms with Gasteiger partial charge in [-0.05, 0) is 30.7 Å². The van der Waals surface area contributed by atoms with Crippen molar-refractivity contribution >= 4 is 17.5 Å². The highest BCUT2D eigenvalue weighted by Gasteiger charge is 2.17. The highest BCUT2D eigenvalue weighted by atomic mass is 16.4. The number of oxazole rings is 1. The standard InChI is InChI=1S/C26H23N3O3/c1-17-16-20(12-13-21(17)26(27)31)28-22(30)14-15-23-29-24(18-8-4-2-5-9-18)25(32-23)19-10-6-3-7-11-19/h2-13,16H,14-15H2,1H3,(H2,27,31)(H,28,30). The Morgan fingerprint density at radius 3 is 2.22 bits per heavy atom. The van der Waals surface area contributed by atoms with Crippen molar-refractivity contribution in [2.24, 2.45) is 5.73 Å². The van der Waals surface area contributed by atoms with E-state index in [0.29, 0.717) is 34.9 Å². The van der Waals surface area contributed by atoms with Gasteiger partial charge in [-0.15, -0.1) is 0 Å². The molecule has 6 nitrogen and oxygen atoms in total. The first-order chi connectivity index (χ1) is 15.5. The highest BCUT2D eigenvalue weighted by Crippen LogP contribution is 2.32. The maximum Gasteiger partial charge on any atom is 0.248 e. The molecular weight excluding hydrogens is 402 g/mol. The smallest absolute Gasteiger partial charge is 0.248 e. The van der Waals surface area contributed by atoms with Gasteiger partial charge < -0.3 is 15.5 Å². The average molecular weight is 425 g/mol. The van der Waals surface area contributed by atoms with Gasteiger partial charge >= 0.3 is 0 Å². The minimum Gasteiger partial charge on any atom is -0.440 e. The van der Waals surface area contributed by atoms with Gasteiger partial charge in [0.05, 0.1) is 0 Å². The minimum absolute atomic E-state index is 0.169. The number of carbonyl (C=O) groups is 2. The average Bonchev–Trinajstić information content (AvgIpc) is 3.23. The van der Waals surface area contributed by atoms with Gasteiger partial charge in [-0.2, -0.15) is 0 Å². The van der Waals surface area contributed by atoms with Crippen LogP contribution in [0.25, 0.3) is 22.6 Å². The zero-order valence-corrected chi connectivity index (χ0v) is 17.7. The highest BCUT2D eigenvalue weighted by molar-refractivity contribution is 5.96. The molecule has 0 radical (unpaired) electrons. The van der Waals surface area contributed by atoms with Crippen molar-refractivity contribution in [1.82, 2.24) is 4.98 Å². The molecule has 2 amide bonds. The molecule has 4 aromatic rings. The van der Waals surface area contributed by atoms with Crippen LogP contribution in [-0.4, -0.2) is 16.8 Å². The summed E-state index contributed by atoms with van der Waals surface area (Å²) < 4.78 is 6.07. The molecular formula is C26H23N3O3. The van der Waals surface area contributed by atoms with E-state index in [1.807, 2.05) is 60.7 Å². The predicted octanol–water partition coefficient (Wildman–Crippen LogP) is 4.99. The fourth-order valence-corrected chi connectivity index (χ4v) is 3.51. The molecule has 4 rings (SSSR count). The quantitative estimate of drug-likeness (QED) is 0.436. The number of hydrogen-bond donors (Lipinski definition) is 2. The number of nitrogens with zero attached hydrogens (tertiary/aromatic N) is 1. The number of amides is 2. The van der Waals surface area contributed by atoms with Gasteiger partial charge in [-0.3, -0.25) is 9.59 Å². The third-order valence-corrected chi connectivity index (χ3v) is 5.10. The van der Waals surface area contributed by atoms with E-state index in [1.54, 1.807) is 25.1 Å². The number of anilines is 1. The van der Waals surface area contributed by atoms with Gasteiger partial charge in [0.25, 0.3) is 0 Å². The number of hydrogen-bond acceptors (Lipinski definition) is 4. The van der Waals surface area contributed by atoms with Crippen molar-refractivity contribution in [3.8, 4) is 22.6 Å². The maximum atomic E-state index is 12.5. The molecule has 0 aliphatic carbocycles. The van der Waals surface area contributed by atoms with Crippen molar-refractivity contribution in [1.29, 1.82) is 0 Å². The summed E-state index contributed by atoms with van der Waals surface area (Å²) in [6.07, 6.45) is 0.566. The fraction of sp³-hybridized carbons (Fsp3) is 0.115. The normalized spacial score (nSPS) is 10.7. The van der Waals surface area contributed by atoms with E-state index in [0.717, 1.165) is 16.8 Å². The summed E-state index contributed by atoms with van der Waals surface area (Å²) in [5.74, 6) is 0.521. The minimum atomic E-state index is -0.493. The number of benzene rings is 3. The van der Waals surface area contributed by atoms with E-state index in [-0.39, 0.29) is 12.3 Å². The van der Waals surface area contributed by atoms with Crippen molar-refractivity contribution in [2.75, 3.05) is 5.32 Å². The molecule has 0 aliphatic rings. The van der Waals surface area contributed by atoms with Gasteiger partial charge in [-0.25, -0.2) is 4.98 Å². The van der Waals surface area contributed by atoms with Crippen LogP contribution in [0.2, 0.25) is 0 Å².